The summed E-state index contributed by atoms with van der Waals surface area (Å²) in [5.74, 6) is 0.0954. The number of nitrogens with zero attached hydrogens (tertiary/aromatic N) is 1. The molecule has 4 heteroatoms. The third kappa shape index (κ3) is 3.49. The second-order valence-electron chi connectivity index (χ2n) is 4.63. The molecule has 0 aliphatic carbocycles. The average molecular weight is 363 g/mol. The Labute approximate surface area is 138 Å². The van der Waals surface area contributed by atoms with Crippen LogP contribution in [-0.2, 0) is 6.54 Å². The minimum atomic E-state index is 0. The van der Waals surface area contributed by atoms with Crippen molar-refractivity contribution >= 4 is 28.3 Å². The maximum atomic E-state index is 12.3. The molecule has 3 rings (SSSR count). The molecule has 0 atom stereocenters. The first-order valence-electron chi connectivity index (χ1n) is 6.40. The fourth-order valence-corrected chi connectivity index (χ4v) is 2.44. The van der Waals surface area contributed by atoms with E-state index in [0.29, 0.717) is 11.6 Å². The molecule has 0 fully saturated rings. The van der Waals surface area contributed by atoms with E-state index < -0.39 is 0 Å². The molecule has 0 aliphatic heterocycles. The van der Waals surface area contributed by atoms with Crippen LogP contribution in [0.25, 0.3) is 10.9 Å². The molecule has 0 unspecified atom stereocenters. The van der Waals surface area contributed by atoms with Crippen LogP contribution in [-0.4, -0.2) is 5.78 Å². The highest BCUT2D eigenvalue weighted by molar-refractivity contribution is 6.31. The number of carbonyl (C=O) groups is 1. The van der Waals surface area contributed by atoms with Gasteiger partial charge in [0.1, 0.15) is 0 Å². The van der Waals surface area contributed by atoms with Crippen LogP contribution in [0.4, 0.5) is 0 Å². The van der Waals surface area contributed by atoms with E-state index in [0.717, 1.165) is 16.5 Å². The summed E-state index contributed by atoms with van der Waals surface area (Å²) in [4.78, 5) is 12.3. The largest absolute Gasteiger partial charge is 1.00 e. The van der Waals surface area contributed by atoms with Crippen LogP contribution in [0.5, 0.6) is 0 Å². The van der Waals surface area contributed by atoms with Gasteiger partial charge < -0.3 is 17.0 Å². The molecular formula is C17H13BrClNO. The van der Waals surface area contributed by atoms with E-state index in [1.54, 1.807) is 0 Å². The van der Waals surface area contributed by atoms with Crippen LogP contribution in [0.2, 0.25) is 5.02 Å². The second-order valence-corrected chi connectivity index (χ2v) is 5.06. The Bertz CT molecular complexity index is 774. The number of Topliss-reactive ketones (excluding diaryl/α,β-unsaturated/α-hetero) is 1. The minimum absolute atomic E-state index is 0. The van der Waals surface area contributed by atoms with Crippen molar-refractivity contribution in [2.75, 3.05) is 0 Å². The van der Waals surface area contributed by atoms with Crippen molar-refractivity contribution in [3.05, 3.63) is 77.4 Å². The van der Waals surface area contributed by atoms with Crippen molar-refractivity contribution in [1.82, 2.24) is 0 Å². The highest BCUT2D eigenvalue weighted by atomic mass is 79.9. The monoisotopic (exact) mass is 361 g/mol. The number of carbonyl (C=O) groups excluding carboxylic acids is 1. The van der Waals surface area contributed by atoms with Crippen molar-refractivity contribution in [1.29, 1.82) is 0 Å². The van der Waals surface area contributed by atoms with Gasteiger partial charge in [-0.2, -0.15) is 4.57 Å². The van der Waals surface area contributed by atoms with E-state index in [1.165, 1.54) is 0 Å². The third-order valence-electron chi connectivity index (χ3n) is 3.25. The molecule has 0 spiro atoms. The van der Waals surface area contributed by atoms with Crippen LogP contribution < -0.4 is 21.5 Å². The Hall–Kier alpha value is -1.71. The van der Waals surface area contributed by atoms with Gasteiger partial charge in [0.25, 0.3) is 0 Å². The lowest BCUT2D eigenvalue weighted by molar-refractivity contribution is -0.657. The van der Waals surface area contributed by atoms with Gasteiger partial charge in [0, 0.05) is 28.1 Å². The molecule has 2 aromatic carbocycles. The van der Waals surface area contributed by atoms with E-state index in [2.05, 4.69) is 0 Å². The molecule has 106 valence electrons. The number of ketones is 1. The summed E-state index contributed by atoms with van der Waals surface area (Å²) < 4.78 is 1.95. The maximum Gasteiger partial charge on any atom is 0.227 e. The lowest BCUT2D eigenvalue weighted by Gasteiger charge is -2.02. The van der Waals surface area contributed by atoms with Crippen LogP contribution in [0, 0.1) is 0 Å². The second kappa shape index (κ2) is 6.83. The Kier molecular flexibility index (Phi) is 5.10. The van der Waals surface area contributed by atoms with Gasteiger partial charge in [0.15, 0.2) is 6.20 Å². The summed E-state index contributed by atoms with van der Waals surface area (Å²) in [5, 5.41) is 1.73. The maximum absolute atomic E-state index is 12.3. The lowest BCUT2D eigenvalue weighted by atomic mass is 10.1. The normalized spacial score (nSPS) is 10.1. The number of aromatic nitrogens is 1. The van der Waals surface area contributed by atoms with Crippen LogP contribution >= 0.6 is 11.6 Å². The molecule has 0 amide bonds. The van der Waals surface area contributed by atoms with Crippen molar-refractivity contribution in [2.45, 2.75) is 6.54 Å². The van der Waals surface area contributed by atoms with Gasteiger partial charge in [-0.1, -0.05) is 41.9 Å². The first-order chi connectivity index (χ1) is 9.74. The molecular weight excluding hydrogens is 350 g/mol. The van der Waals surface area contributed by atoms with Gasteiger partial charge in [-0.25, -0.2) is 0 Å². The van der Waals surface area contributed by atoms with Crippen LogP contribution in [0.15, 0.2) is 66.9 Å². The number of rotatable bonds is 3. The number of hydrogen-bond donors (Lipinski definition) is 0. The Morgan fingerprint density at radius 1 is 1.00 bits per heavy atom. The summed E-state index contributed by atoms with van der Waals surface area (Å²) in [7, 11) is 0. The Morgan fingerprint density at radius 3 is 2.52 bits per heavy atom. The number of hydrogen-bond acceptors (Lipinski definition) is 1. The summed E-state index contributed by atoms with van der Waals surface area (Å²) >= 11 is 6.00. The molecule has 1 aromatic heterocycles. The zero-order chi connectivity index (χ0) is 13.9. The summed E-state index contributed by atoms with van der Waals surface area (Å²) in [6, 6.07) is 18.9. The molecule has 1 heterocycles. The van der Waals surface area contributed by atoms with Gasteiger partial charge in [-0.05, 0) is 18.2 Å². The van der Waals surface area contributed by atoms with Crippen molar-refractivity contribution in [3.8, 4) is 0 Å². The average Bonchev–Trinajstić information content (AvgIpc) is 2.48. The zero-order valence-electron chi connectivity index (χ0n) is 11.2. The van der Waals surface area contributed by atoms with E-state index in [-0.39, 0.29) is 22.8 Å². The number of fused-ring (bicyclic) bond motifs is 1. The van der Waals surface area contributed by atoms with E-state index in [9.17, 15) is 4.79 Å². The first-order valence-corrected chi connectivity index (χ1v) is 6.78. The number of benzene rings is 2. The predicted molar refractivity (Wildman–Crippen MR) is 79.9 cm³/mol. The smallest absolute Gasteiger partial charge is 0.227 e. The molecule has 0 N–H and O–H groups in total. The van der Waals surface area contributed by atoms with Crippen molar-refractivity contribution < 1.29 is 26.3 Å². The quantitative estimate of drug-likeness (QED) is 0.495. The minimum Gasteiger partial charge on any atom is -1.00 e. The Morgan fingerprint density at radius 2 is 1.76 bits per heavy atom. The van der Waals surface area contributed by atoms with E-state index >= 15 is 0 Å². The van der Waals surface area contributed by atoms with Crippen LogP contribution in [0.1, 0.15) is 10.4 Å². The van der Waals surface area contributed by atoms with Gasteiger partial charge >= 0.3 is 0 Å². The molecule has 21 heavy (non-hydrogen) atoms. The summed E-state index contributed by atoms with van der Waals surface area (Å²) in [6.07, 6.45) is 1.91. The number of pyridine rings is 1. The highest BCUT2D eigenvalue weighted by Crippen LogP contribution is 2.16. The zero-order valence-corrected chi connectivity index (χ0v) is 13.5. The SMILES string of the molecule is O=C(C[n+]1cccc2cc(Cl)ccc21)c1ccccc1.[Br-]. The Balaban J connectivity index is 0.00000161. The van der Waals surface area contributed by atoms with Gasteiger partial charge in [-0.3, -0.25) is 4.79 Å². The van der Waals surface area contributed by atoms with Gasteiger partial charge in [0.05, 0.1) is 0 Å². The summed E-state index contributed by atoms with van der Waals surface area (Å²) in [5.41, 5.74) is 1.73. The van der Waals surface area contributed by atoms with Gasteiger partial charge in [0.2, 0.25) is 17.8 Å². The molecule has 0 bridgehead atoms. The molecule has 0 radical (unpaired) electrons. The van der Waals surface area contributed by atoms with E-state index in [1.807, 2.05) is 71.4 Å². The molecule has 0 saturated heterocycles. The number of halogens is 2. The standard InChI is InChI=1S/C17H13ClNO.BrH/c18-15-8-9-16-14(11-15)7-4-10-19(16)12-17(20)13-5-2-1-3-6-13;/h1-11H,12H2;1H/q+1;/p-1. The topological polar surface area (TPSA) is 20.9 Å². The molecule has 0 saturated carbocycles. The lowest BCUT2D eigenvalue weighted by Crippen LogP contribution is -3.00. The van der Waals surface area contributed by atoms with Crippen molar-refractivity contribution in [2.24, 2.45) is 0 Å². The molecule has 3 aromatic rings. The molecule has 0 aliphatic rings. The summed E-state index contributed by atoms with van der Waals surface area (Å²) in [6.45, 7) is 0.322. The first kappa shape index (κ1) is 15.7. The fourth-order valence-electron chi connectivity index (χ4n) is 2.26. The van der Waals surface area contributed by atoms with Crippen LogP contribution in [0.3, 0.4) is 0 Å². The van der Waals surface area contributed by atoms with E-state index in [4.69, 9.17) is 11.6 Å². The third-order valence-corrected chi connectivity index (χ3v) is 3.49. The van der Waals surface area contributed by atoms with Gasteiger partial charge in [-0.15, -0.1) is 0 Å². The predicted octanol–water partition coefficient (Wildman–Crippen LogP) is 0.668. The highest BCUT2D eigenvalue weighted by Gasteiger charge is 2.14. The van der Waals surface area contributed by atoms with Crippen molar-refractivity contribution in [3.63, 3.8) is 0 Å². The fraction of sp³-hybridized carbons (Fsp3) is 0.0588. The molecule has 2 nitrogen and oxygen atoms in total.